The third-order valence-electron chi connectivity index (χ3n) is 10.7. The van der Waals surface area contributed by atoms with E-state index in [0.717, 1.165) is 23.2 Å². The molecule has 1 aromatic carbocycles. The van der Waals surface area contributed by atoms with E-state index in [4.69, 9.17) is 61.3 Å². The van der Waals surface area contributed by atoms with Gasteiger partial charge in [0.15, 0.2) is 24.4 Å². The highest BCUT2D eigenvalue weighted by atomic mass is 35.5. The van der Waals surface area contributed by atoms with E-state index in [1.54, 1.807) is 6.07 Å². The first-order valence-corrected chi connectivity index (χ1v) is 30.8. The number of hydrogen-bond acceptors (Lipinski definition) is 18. The third-order valence-corrected chi connectivity index (χ3v) is 11.0. The zero-order valence-electron chi connectivity index (χ0n) is 60.3. The van der Waals surface area contributed by atoms with Crippen molar-refractivity contribution >= 4 is 65.0 Å². The first-order chi connectivity index (χ1) is 40.6. The molecule has 2 amide bonds. The summed E-state index contributed by atoms with van der Waals surface area (Å²) in [6.07, 6.45) is 0.637. The van der Waals surface area contributed by atoms with Crippen LogP contribution in [-0.4, -0.2) is 139 Å². The summed E-state index contributed by atoms with van der Waals surface area (Å²) in [6, 6.07) is 10.5. The minimum Gasteiger partial charge on any atom is -0.481 e. The molecule has 0 spiro atoms. The number of halogens is 1. The Morgan fingerprint density at radius 1 is 0.652 bits per heavy atom. The molecule has 0 aromatic heterocycles. The molecule has 1 aromatic rings. The van der Waals surface area contributed by atoms with Gasteiger partial charge in [-0.15, -0.1) is 0 Å². The van der Waals surface area contributed by atoms with Crippen LogP contribution in [0.25, 0.3) is 0 Å². The van der Waals surface area contributed by atoms with Crippen LogP contribution < -0.4 is 0 Å². The van der Waals surface area contributed by atoms with Gasteiger partial charge < -0.3 is 54.4 Å². The highest BCUT2D eigenvalue weighted by molar-refractivity contribution is 6.64. The number of carbonyl (C=O) groups is 9. The number of nitrogens with zero attached hydrogens (tertiary/aromatic N) is 2. The van der Waals surface area contributed by atoms with Gasteiger partial charge in [-0.2, -0.15) is 5.26 Å². The Balaban J connectivity index is -0.000000187. The second-order valence-electron chi connectivity index (χ2n) is 31.6. The molecule has 0 aliphatic carbocycles. The standard InChI is InChI=1S/C18H23NO5.C10H18O3.C9H15ClO3.C7H13NO.C7H14O3.C6H12O2.C6H14O.C6H12O.CH4/c1-12(20)24-15(10-18(2,3)4)16(21)19-14(11-23-17(19)22)13-8-6-5-7-9-13;1-5-6-13-9(12)8(11)7-10(2,3)4;1-6(11)13-7(8(10)12)5-9(2,3)4;1-7(2,3)4-6(9)5-8;1-7(2,3)4-5(8)6(9)10;1-6(2,3)4-5(7)8;2*1-6(2,3)4-5-7;/h5-9,14-15H,10-11H2,1-4H3;5,8,11H,1,6-7H2,2-4H3;7H,5H2,1-4H3;6,9H,4H2,1-3H3;5,8H,4H2,1-3H3,(H,9,10);4H2,1-3H3,(H,7,8);7H,4-5H2,1-3H3;5H,4H2,1-3H3;1H4/t14-,15?;;;;;;;;/m1......../s1. The summed E-state index contributed by atoms with van der Waals surface area (Å²) in [6.45, 7) is 53.8. The van der Waals surface area contributed by atoms with Crippen LogP contribution in [0.4, 0.5) is 4.79 Å². The van der Waals surface area contributed by atoms with Crippen molar-refractivity contribution in [1.29, 1.82) is 5.26 Å². The van der Waals surface area contributed by atoms with Crippen LogP contribution in [0.15, 0.2) is 43.0 Å². The number of imide groups is 1. The van der Waals surface area contributed by atoms with Crippen LogP contribution in [0.5, 0.6) is 0 Å². The number of rotatable bonds is 17. The highest BCUT2D eigenvalue weighted by Crippen LogP contribution is 2.32. The molecular weight excluding hydrogens is 1210 g/mol. The van der Waals surface area contributed by atoms with Gasteiger partial charge in [0.2, 0.25) is 0 Å². The second-order valence-corrected chi connectivity index (χ2v) is 31.9. The number of aliphatic hydroxyl groups is 4. The Morgan fingerprint density at radius 2 is 1.05 bits per heavy atom. The molecular formula is C70H125ClN2O19. The zero-order chi connectivity index (χ0) is 73.5. The number of ether oxygens (including phenoxy) is 4. The number of esters is 3. The van der Waals surface area contributed by atoms with E-state index in [-0.39, 0.29) is 65.0 Å². The fraction of sp³-hybridized carbons (Fsp3) is 0.743. The Morgan fingerprint density at radius 3 is 1.30 bits per heavy atom. The maximum atomic E-state index is 12.9. The molecule has 6 atom stereocenters. The van der Waals surface area contributed by atoms with Crippen LogP contribution in [0.2, 0.25) is 0 Å². The predicted octanol–water partition coefficient (Wildman–Crippen LogP) is 14.1. The topological polar surface area (TPSA) is 339 Å². The number of aliphatic carboxylic acids is 2. The lowest BCUT2D eigenvalue weighted by Gasteiger charge is -2.28. The summed E-state index contributed by atoms with van der Waals surface area (Å²) >= 11 is 5.28. The minimum absolute atomic E-state index is 0. The number of amides is 2. The number of hydrogen-bond donors (Lipinski definition) is 6. The number of carboxylic acid groups (broad SMARTS) is 2. The molecule has 2 rings (SSSR count). The third kappa shape index (κ3) is 70.1. The van der Waals surface area contributed by atoms with Gasteiger partial charge in [-0.3, -0.25) is 24.0 Å². The molecule has 21 nitrogen and oxygen atoms in total. The van der Waals surface area contributed by atoms with Gasteiger partial charge in [-0.25, -0.2) is 19.3 Å². The van der Waals surface area contributed by atoms with Crippen LogP contribution in [0.1, 0.15) is 250 Å². The van der Waals surface area contributed by atoms with Crippen molar-refractivity contribution in [3.05, 3.63) is 48.6 Å². The van der Waals surface area contributed by atoms with Crippen molar-refractivity contribution in [3.63, 3.8) is 0 Å². The van der Waals surface area contributed by atoms with Crippen molar-refractivity contribution in [2.24, 2.45) is 43.3 Å². The summed E-state index contributed by atoms with van der Waals surface area (Å²) < 4.78 is 19.7. The average Bonchev–Trinajstić information content (AvgIpc) is 1.75. The maximum absolute atomic E-state index is 12.9. The molecule has 0 saturated carbocycles. The molecule has 92 heavy (non-hydrogen) atoms. The van der Waals surface area contributed by atoms with E-state index < -0.39 is 83.7 Å². The van der Waals surface area contributed by atoms with Crippen LogP contribution in [-0.2, 0) is 57.3 Å². The summed E-state index contributed by atoms with van der Waals surface area (Å²) in [7, 11) is 0. The number of cyclic esters (lactones) is 1. The number of carboxylic acids is 2. The van der Waals surface area contributed by atoms with Gasteiger partial charge in [-0.1, -0.05) is 217 Å². The second kappa shape index (κ2) is 47.1. The highest BCUT2D eigenvalue weighted by Gasteiger charge is 2.44. The SMILES string of the molecule is C.C=CCOC(=O)C(O)CC(C)(C)C.CC(=O)OC(CC(C)(C)C)C(=O)Cl.CC(=O)OC(CC(C)(C)C)C(=O)N1C(=O)OC[C@@H]1c1ccccc1.CC(C)(C)CC(=O)O.CC(C)(C)CC(O)C#N.CC(C)(C)CC(O)C(=O)O.CC(C)(C)CC=O.CC(C)(C)CCO. The molecule has 1 aliphatic rings. The van der Waals surface area contributed by atoms with Gasteiger partial charge in [0.25, 0.3) is 11.1 Å². The molecule has 0 radical (unpaired) electrons. The van der Waals surface area contributed by atoms with Crippen molar-refractivity contribution < 1.29 is 92.7 Å². The lowest BCUT2D eigenvalue weighted by molar-refractivity contribution is -0.159. The molecule has 0 bridgehead atoms. The molecule has 1 saturated heterocycles. The number of aliphatic hydroxyl groups excluding tert-OH is 4. The van der Waals surface area contributed by atoms with Crippen molar-refractivity contribution in [2.45, 2.75) is 275 Å². The summed E-state index contributed by atoms with van der Waals surface area (Å²) in [4.78, 5) is 99.9. The Bertz CT molecular complexity index is 2330. The number of nitriles is 1. The molecule has 1 fully saturated rings. The van der Waals surface area contributed by atoms with Gasteiger partial charge in [-0.05, 0) is 99.0 Å². The summed E-state index contributed by atoms with van der Waals surface area (Å²) in [5.74, 6) is -4.02. The average molecular weight is 1330 g/mol. The number of aldehydes is 1. The Kier molecular flexibility index (Phi) is 51.1. The minimum atomic E-state index is -1.22. The normalized spacial score (nSPS) is 14.6. The monoisotopic (exact) mass is 1330 g/mol. The van der Waals surface area contributed by atoms with Gasteiger partial charge in [0, 0.05) is 26.9 Å². The van der Waals surface area contributed by atoms with E-state index in [1.807, 2.05) is 176 Å². The predicted molar refractivity (Wildman–Crippen MR) is 362 cm³/mol. The fourth-order valence-electron chi connectivity index (χ4n) is 6.83. The largest absolute Gasteiger partial charge is 0.481 e. The summed E-state index contributed by atoms with van der Waals surface area (Å²) in [5, 5.41) is 59.6. The quantitative estimate of drug-likeness (QED) is 0.0211. The Labute approximate surface area is 558 Å². The number of carbonyl (C=O) groups excluding carboxylic acids is 7. The van der Waals surface area contributed by atoms with E-state index in [2.05, 4.69) is 27.4 Å². The maximum Gasteiger partial charge on any atom is 0.417 e. The molecule has 536 valence electrons. The molecule has 6 N–H and O–H groups in total. The van der Waals surface area contributed by atoms with Crippen molar-refractivity contribution in [3.8, 4) is 6.07 Å². The van der Waals surface area contributed by atoms with Crippen LogP contribution >= 0.6 is 11.6 Å². The fourth-order valence-corrected chi connectivity index (χ4v) is 6.96. The van der Waals surface area contributed by atoms with E-state index >= 15 is 0 Å². The zero-order valence-corrected chi connectivity index (χ0v) is 61.0. The first-order valence-electron chi connectivity index (χ1n) is 30.4. The van der Waals surface area contributed by atoms with E-state index in [0.29, 0.717) is 50.5 Å². The van der Waals surface area contributed by atoms with Crippen molar-refractivity contribution in [1.82, 2.24) is 4.90 Å². The van der Waals surface area contributed by atoms with Crippen LogP contribution in [0, 0.1) is 54.7 Å². The van der Waals surface area contributed by atoms with Gasteiger partial charge >= 0.3 is 35.9 Å². The smallest absolute Gasteiger partial charge is 0.417 e. The first kappa shape index (κ1) is 99.8. The van der Waals surface area contributed by atoms with Gasteiger partial charge in [0.1, 0.15) is 31.6 Å². The van der Waals surface area contributed by atoms with E-state index in [1.165, 1.54) is 19.9 Å². The van der Waals surface area contributed by atoms with E-state index in [9.17, 15) is 48.3 Å². The molecule has 22 heteroatoms. The van der Waals surface area contributed by atoms with Crippen LogP contribution in [0.3, 0.4) is 0 Å². The Hall–Kier alpha value is -5.79. The molecule has 1 aliphatic heterocycles. The van der Waals surface area contributed by atoms with Crippen molar-refractivity contribution in [2.75, 3.05) is 19.8 Å². The number of benzene rings is 1. The lowest BCUT2D eigenvalue weighted by atomic mass is 9.88. The molecule has 5 unspecified atom stereocenters. The molecule has 1 heterocycles. The summed E-state index contributed by atoms with van der Waals surface area (Å²) in [5.41, 5.74) is 0.711. The van der Waals surface area contributed by atoms with Gasteiger partial charge in [0.05, 0.1) is 12.5 Å². The lowest BCUT2D eigenvalue weighted by Crippen LogP contribution is -2.44.